The number of hydrogen-bond donors (Lipinski definition) is 1. The van der Waals surface area contributed by atoms with Crippen molar-refractivity contribution in [3.05, 3.63) is 28.3 Å². The molecule has 1 aromatic carbocycles. The third kappa shape index (κ3) is 2.36. The minimum Gasteiger partial charge on any atom is -0.493 e. The van der Waals surface area contributed by atoms with Crippen LogP contribution >= 0.6 is 11.6 Å². The van der Waals surface area contributed by atoms with E-state index in [0.717, 1.165) is 30.2 Å². The van der Waals surface area contributed by atoms with Gasteiger partial charge in [0.2, 0.25) is 0 Å². The maximum absolute atomic E-state index is 6.36. The van der Waals surface area contributed by atoms with E-state index in [1.54, 1.807) is 0 Å². The standard InChI is InChI=1S/C15H20ClNO/c16-13-7-11-5-6-18-15(11)12(8-13)9-14(17)10-3-1-2-4-10/h7-8,10,14H,1-6,9,17H2. The first-order chi connectivity index (χ1) is 8.74. The smallest absolute Gasteiger partial charge is 0.125 e. The molecule has 2 aliphatic rings. The largest absolute Gasteiger partial charge is 0.493 e. The van der Waals surface area contributed by atoms with Gasteiger partial charge in [0.1, 0.15) is 5.75 Å². The molecule has 1 fully saturated rings. The fourth-order valence-corrected chi connectivity index (χ4v) is 3.57. The van der Waals surface area contributed by atoms with Crippen molar-refractivity contribution in [2.45, 2.75) is 44.6 Å². The lowest BCUT2D eigenvalue weighted by Gasteiger charge is -2.20. The summed E-state index contributed by atoms with van der Waals surface area (Å²) in [5.74, 6) is 1.73. The van der Waals surface area contributed by atoms with Crippen molar-refractivity contribution in [3.8, 4) is 5.75 Å². The molecule has 0 amide bonds. The van der Waals surface area contributed by atoms with Gasteiger partial charge in [0.05, 0.1) is 6.61 Å². The van der Waals surface area contributed by atoms with Gasteiger partial charge in [-0.1, -0.05) is 24.4 Å². The predicted octanol–water partition coefficient (Wildman–Crippen LogP) is 3.33. The van der Waals surface area contributed by atoms with E-state index in [0.29, 0.717) is 5.92 Å². The van der Waals surface area contributed by atoms with E-state index < -0.39 is 0 Å². The molecule has 1 aromatic rings. The predicted molar refractivity (Wildman–Crippen MR) is 74.3 cm³/mol. The van der Waals surface area contributed by atoms with Gasteiger partial charge in [-0.2, -0.15) is 0 Å². The number of fused-ring (bicyclic) bond motifs is 1. The highest BCUT2D eigenvalue weighted by molar-refractivity contribution is 6.30. The number of hydrogen-bond acceptors (Lipinski definition) is 2. The van der Waals surface area contributed by atoms with Gasteiger partial charge >= 0.3 is 0 Å². The van der Waals surface area contributed by atoms with E-state index in [1.165, 1.54) is 36.8 Å². The lowest BCUT2D eigenvalue weighted by molar-refractivity contribution is 0.349. The third-order valence-corrected chi connectivity index (χ3v) is 4.50. The molecule has 1 saturated carbocycles. The van der Waals surface area contributed by atoms with Gasteiger partial charge in [-0.3, -0.25) is 0 Å². The molecule has 3 heteroatoms. The molecule has 3 rings (SSSR count). The van der Waals surface area contributed by atoms with Crippen LogP contribution in [0.2, 0.25) is 5.02 Å². The molecule has 1 unspecified atom stereocenters. The molecule has 2 N–H and O–H groups in total. The van der Waals surface area contributed by atoms with Crippen LogP contribution in [0.25, 0.3) is 0 Å². The molecule has 0 bridgehead atoms. The summed E-state index contributed by atoms with van der Waals surface area (Å²) >= 11 is 6.18. The molecule has 0 saturated heterocycles. The second-order valence-electron chi connectivity index (χ2n) is 5.56. The highest BCUT2D eigenvalue weighted by atomic mass is 35.5. The molecule has 0 spiro atoms. The number of benzene rings is 1. The molecular weight excluding hydrogens is 246 g/mol. The Labute approximate surface area is 113 Å². The van der Waals surface area contributed by atoms with E-state index in [9.17, 15) is 0 Å². The topological polar surface area (TPSA) is 35.2 Å². The Hall–Kier alpha value is -0.730. The van der Waals surface area contributed by atoms with Crippen LogP contribution in [0.15, 0.2) is 12.1 Å². The van der Waals surface area contributed by atoms with E-state index in [1.807, 2.05) is 12.1 Å². The fraction of sp³-hybridized carbons (Fsp3) is 0.600. The Morgan fingerprint density at radius 3 is 2.89 bits per heavy atom. The fourth-order valence-electron chi connectivity index (χ4n) is 3.30. The molecule has 2 nitrogen and oxygen atoms in total. The maximum Gasteiger partial charge on any atom is 0.125 e. The number of nitrogens with two attached hydrogens (primary N) is 1. The summed E-state index contributed by atoms with van der Waals surface area (Å²) in [7, 11) is 0. The summed E-state index contributed by atoms with van der Waals surface area (Å²) < 4.78 is 5.73. The van der Waals surface area contributed by atoms with Crippen molar-refractivity contribution in [1.29, 1.82) is 0 Å². The molecule has 1 heterocycles. The average Bonchev–Trinajstić information content (AvgIpc) is 2.98. The van der Waals surface area contributed by atoms with Gasteiger partial charge < -0.3 is 10.5 Å². The average molecular weight is 266 g/mol. The van der Waals surface area contributed by atoms with Crippen molar-refractivity contribution in [2.24, 2.45) is 11.7 Å². The zero-order valence-corrected chi connectivity index (χ0v) is 11.4. The normalized spacial score (nSPS) is 20.8. The van der Waals surface area contributed by atoms with Gasteiger partial charge in [0.15, 0.2) is 0 Å². The van der Waals surface area contributed by atoms with Crippen LogP contribution in [-0.4, -0.2) is 12.6 Å². The first kappa shape index (κ1) is 12.3. The van der Waals surface area contributed by atoms with Crippen molar-refractivity contribution in [3.63, 3.8) is 0 Å². The molecule has 98 valence electrons. The Morgan fingerprint density at radius 1 is 1.33 bits per heavy atom. The summed E-state index contributed by atoms with van der Waals surface area (Å²) in [5, 5.41) is 0.813. The second kappa shape index (κ2) is 5.10. The molecule has 1 aliphatic carbocycles. The van der Waals surface area contributed by atoms with Crippen LogP contribution in [0, 0.1) is 5.92 Å². The van der Waals surface area contributed by atoms with E-state index in [4.69, 9.17) is 22.1 Å². The minimum atomic E-state index is 0.249. The van der Waals surface area contributed by atoms with Gasteiger partial charge in [0, 0.05) is 17.5 Å². The quantitative estimate of drug-likeness (QED) is 0.910. The number of ether oxygens (including phenoxy) is 1. The highest BCUT2D eigenvalue weighted by Crippen LogP contribution is 2.35. The summed E-state index contributed by atoms with van der Waals surface area (Å²) in [4.78, 5) is 0. The summed E-state index contributed by atoms with van der Waals surface area (Å²) in [5.41, 5.74) is 8.81. The van der Waals surface area contributed by atoms with E-state index >= 15 is 0 Å². The zero-order valence-electron chi connectivity index (χ0n) is 10.6. The van der Waals surface area contributed by atoms with Crippen LogP contribution < -0.4 is 10.5 Å². The Balaban J connectivity index is 1.79. The zero-order chi connectivity index (χ0) is 12.5. The number of rotatable bonds is 3. The number of halogens is 1. The minimum absolute atomic E-state index is 0.249. The van der Waals surface area contributed by atoms with Crippen LogP contribution in [0.3, 0.4) is 0 Å². The molecule has 0 aromatic heterocycles. The van der Waals surface area contributed by atoms with Crippen molar-refractivity contribution in [2.75, 3.05) is 6.61 Å². The van der Waals surface area contributed by atoms with Gasteiger partial charge in [-0.05, 0) is 48.4 Å². The monoisotopic (exact) mass is 265 g/mol. The third-order valence-electron chi connectivity index (χ3n) is 4.29. The van der Waals surface area contributed by atoms with Gasteiger partial charge in [0.25, 0.3) is 0 Å². The Morgan fingerprint density at radius 2 is 2.11 bits per heavy atom. The van der Waals surface area contributed by atoms with Crippen LogP contribution in [0.1, 0.15) is 36.8 Å². The van der Waals surface area contributed by atoms with Crippen LogP contribution in [0.5, 0.6) is 5.75 Å². The van der Waals surface area contributed by atoms with Crippen molar-refractivity contribution < 1.29 is 4.74 Å². The van der Waals surface area contributed by atoms with Crippen molar-refractivity contribution >= 4 is 11.6 Å². The molecule has 18 heavy (non-hydrogen) atoms. The first-order valence-corrected chi connectivity index (χ1v) is 7.31. The van der Waals surface area contributed by atoms with Crippen molar-refractivity contribution in [1.82, 2.24) is 0 Å². The highest BCUT2D eigenvalue weighted by Gasteiger charge is 2.25. The second-order valence-corrected chi connectivity index (χ2v) is 6.00. The van der Waals surface area contributed by atoms with Gasteiger partial charge in [-0.15, -0.1) is 0 Å². The van der Waals surface area contributed by atoms with Gasteiger partial charge in [-0.25, -0.2) is 0 Å². The summed E-state index contributed by atoms with van der Waals surface area (Å²) in [6.45, 7) is 0.779. The Kier molecular flexibility index (Phi) is 3.49. The molecule has 1 aliphatic heterocycles. The van der Waals surface area contributed by atoms with E-state index in [2.05, 4.69) is 0 Å². The molecule has 1 atom stereocenters. The molecular formula is C15H20ClNO. The van der Waals surface area contributed by atoms with Crippen LogP contribution in [0.4, 0.5) is 0 Å². The summed E-state index contributed by atoms with van der Waals surface area (Å²) in [6, 6.07) is 4.30. The first-order valence-electron chi connectivity index (χ1n) is 6.94. The molecule has 0 radical (unpaired) electrons. The van der Waals surface area contributed by atoms with Crippen LogP contribution in [-0.2, 0) is 12.8 Å². The summed E-state index contributed by atoms with van der Waals surface area (Å²) in [6.07, 6.45) is 7.11. The lowest BCUT2D eigenvalue weighted by atomic mass is 9.92. The Bertz CT molecular complexity index is 440. The lowest BCUT2D eigenvalue weighted by Crippen LogP contribution is -2.30. The SMILES string of the molecule is NC(Cc1cc(Cl)cc2c1OCC2)C1CCCC1. The maximum atomic E-state index is 6.36. The van der Waals surface area contributed by atoms with E-state index in [-0.39, 0.29) is 6.04 Å².